The normalized spacial score (nSPS) is 10.7. The fourth-order valence-corrected chi connectivity index (χ4v) is 2.74. The van der Waals surface area contributed by atoms with Crippen LogP contribution >= 0.6 is 23.2 Å². The van der Waals surface area contributed by atoms with E-state index in [4.69, 9.17) is 32.7 Å². The van der Waals surface area contributed by atoms with Gasteiger partial charge in [0, 0.05) is 18.5 Å². The summed E-state index contributed by atoms with van der Waals surface area (Å²) >= 11 is 11.9. The molecule has 0 saturated carbocycles. The van der Waals surface area contributed by atoms with Crippen LogP contribution in [0.15, 0.2) is 36.7 Å². The molecule has 2 heterocycles. The van der Waals surface area contributed by atoms with Crippen LogP contribution in [0.4, 0.5) is 0 Å². The third kappa shape index (κ3) is 3.97. The molecule has 0 atom stereocenters. The molecule has 0 aliphatic heterocycles. The monoisotopic (exact) mass is 421 g/mol. The zero-order chi connectivity index (χ0) is 20.3. The van der Waals surface area contributed by atoms with Crippen molar-refractivity contribution in [3.8, 4) is 0 Å². The van der Waals surface area contributed by atoms with Gasteiger partial charge in [0.05, 0.1) is 22.2 Å². The molecule has 0 spiro atoms. The minimum Gasteiger partial charge on any atom is -0.618 e. The highest BCUT2D eigenvalue weighted by Crippen LogP contribution is 2.26. The Bertz CT molecular complexity index is 1060. The van der Waals surface area contributed by atoms with Crippen LogP contribution in [0.3, 0.4) is 0 Å². The third-order valence-corrected chi connectivity index (χ3v) is 4.42. The van der Waals surface area contributed by atoms with Gasteiger partial charge < -0.3 is 14.7 Å². The second kappa shape index (κ2) is 8.37. The molecule has 0 aliphatic carbocycles. The number of esters is 2. The summed E-state index contributed by atoms with van der Waals surface area (Å²) in [5.74, 6) is -1.56. The van der Waals surface area contributed by atoms with E-state index in [1.165, 1.54) is 36.7 Å². The molecule has 10 heteroatoms. The lowest BCUT2D eigenvalue weighted by molar-refractivity contribution is -0.581. The lowest BCUT2D eigenvalue weighted by Gasteiger charge is -2.12. The zero-order valence-corrected chi connectivity index (χ0v) is 16.0. The highest BCUT2D eigenvalue weighted by molar-refractivity contribution is 6.42. The molecule has 3 aromatic rings. The Morgan fingerprint density at radius 1 is 1.11 bits per heavy atom. The van der Waals surface area contributed by atoms with Gasteiger partial charge in [-0.15, -0.1) is 0 Å². The van der Waals surface area contributed by atoms with Gasteiger partial charge in [0.25, 0.3) is 0 Å². The van der Waals surface area contributed by atoms with Crippen molar-refractivity contribution in [2.45, 2.75) is 13.5 Å². The second-order valence-electron chi connectivity index (χ2n) is 5.49. The van der Waals surface area contributed by atoms with E-state index in [0.29, 0.717) is 4.73 Å². The van der Waals surface area contributed by atoms with Crippen LogP contribution in [-0.4, -0.2) is 28.5 Å². The van der Waals surface area contributed by atoms with Crippen LogP contribution in [0.2, 0.25) is 10.0 Å². The molecule has 0 N–H and O–H groups in total. The predicted octanol–water partition coefficient (Wildman–Crippen LogP) is 3.10. The van der Waals surface area contributed by atoms with Crippen molar-refractivity contribution in [2.75, 3.05) is 6.61 Å². The van der Waals surface area contributed by atoms with Crippen molar-refractivity contribution < 1.29 is 23.8 Å². The topological polar surface area (TPSA) is 105 Å². The van der Waals surface area contributed by atoms with Crippen molar-refractivity contribution >= 4 is 46.2 Å². The van der Waals surface area contributed by atoms with Crippen LogP contribution < -0.4 is 4.73 Å². The maximum Gasteiger partial charge on any atom is 0.407 e. The Morgan fingerprint density at radius 3 is 2.46 bits per heavy atom. The molecular weight excluding hydrogens is 409 g/mol. The van der Waals surface area contributed by atoms with Crippen LogP contribution in [0.5, 0.6) is 0 Å². The minimum absolute atomic E-state index is 0.0293. The minimum atomic E-state index is -0.895. The van der Waals surface area contributed by atoms with Crippen LogP contribution in [0, 0.1) is 5.21 Å². The molecule has 144 valence electrons. The lowest BCUT2D eigenvalue weighted by Crippen LogP contribution is -2.39. The summed E-state index contributed by atoms with van der Waals surface area (Å²) in [5, 5.41) is 13.1. The molecule has 1 aromatic carbocycles. The number of rotatable bonds is 5. The van der Waals surface area contributed by atoms with E-state index in [1.54, 1.807) is 6.92 Å². The highest BCUT2D eigenvalue weighted by Gasteiger charge is 2.29. The summed E-state index contributed by atoms with van der Waals surface area (Å²) in [5.41, 5.74) is 0.0179. The van der Waals surface area contributed by atoms with E-state index >= 15 is 0 Å². The Hall–Kier alpha value is -2.97. The van der Waals surface area contributed by atoms with Crippen molar-refractivity contribution in [1.29, 1.82) is 0 Å². The molecular formula is C18H13Cl2N3O5. The van der Waals surface area contributed by atoms with Gasteiger partial charge in [-0.2, -0.15) is 4.73 Å². The van der Waals surface area contributed by atoms with E-state index in [-0.39, 0.29) is 38.9 Å². The second-order valence-corrected chi connectivity index (χ2v) is 6.30. The predicted molar refractivity (Wildman–Crippen MR) is 100 cm³/mol. The number of benzene rings is 1. The molecule has 0 amide bonds. The Balaban J connectivity index is 2.03. The quantitative estimate of drug-likeness (QED) is 0.353. The molecule has 0 fully saturated rings. The van der Waals surface area contributed by atoms with E-state index < -0.39 is 24.2 Å². The molecule has 0 unspecified atom stereocenters. The van der Waals surface area contributed by atoms with Crippen LogP contribution in [0.1, 0.15) is 33.5 Å². The zero-order valence-electron chi connectivity index (χ0n) is 14.5. The van der Waals surface area contributed by atoms with Gasteiger partial charge in [-0.3, -0.25) is 4.98 Å². The summed E-state index contributed by atoms with van der Waals surface area (Å²) < 4.78 is 10.5. The first-order chi connectivity index (χ1) is 13.4. The SMILES string of the molecule is CCOC(=O)c1c(COC(=O)c2ccncc2)nc2cc(Cl)c(Cl)cc2[n+]1[O-]. The maximum absolute atomic E-state index is 12.8. The van der Waals surface area contributed by atoms with E-state index in [0.717, 1.165) is 0 Å². The molecule has 0 aliphatic rings. The highest BCUT2D eigenvalue weighted by atomic mass is 35.5. The Kier molecular flexibility index (Phi) is 5.91. The number of carbonyl (C=O) groups excluding carboxylic acids is 2. The van der Waals surface area contributed by atoms with Crippen molar-refractivity contribution in [3.05, 3.63) is 68.9 Å². The molecule has 0 saturated heterocycles. The average Bonchev–Trinajstić information content (AvgIpc) is 2.68. The number of ether oxygens (including phenoxy) is 2. The smallest absolute Gasteiger partial charge is 0.407 e. The fourth-order valence-electron chi connectivity index (χ4n) is 2.42. The summed E-state index contributed by atoms with van der Waals surface area (Å²) in [6.07, 6.45) is 2.87. The molecule has 3 rings (SSSR count). The first kappa shape index (κ1) is 19.8. The molecule has 0 radical (unpaired) electrons. The first-order valence-electron chi connectivity index (χ1n) is 8.07. The maximum atomic E-state index is 12.8. The number of aromatic nitrogens is 3. The van der Waals surface area contributed by atoms with Gasteiger partial charge in [0.2, 0.25) is 5.52 Å². The van der Waals surface area contributed by atoms with Crippen LogP contribution in [-0.2, 0) is 16.1 Å². The summed E-state index contributed by atoms with van der Waals surface area (Å²) in [6.45, 7) is 1.23. The number of carbonyl (C=O) groups is 2. The van der Waals surface area contributed by atoms with Crippen molar-refractivity contribution in [2.24, 2.45) is 0 Å². The average molecular weight is 422 g/mol. The van der Waals surface area contributed by atoms with Gasteiger partial charge in [-0.25, -0.2) is 14.6 Å². The largest absolute Gasteiger partial charge is 0.618 e. The third-order valence-electron chi connectivity index (χ3n) is 3.69. The number of hydrogen-bond acceptors (Lipinski definition) is 7. The van der Waals surface area contributed by atoms with Gasteiger partial charge in [0.1, 0.15) is 12.1 Å². The Labute approximate surface area is 169 Å². The van der Waals surface area contributed by atoms with Gasteiger partial charge in [-0.05, 0) is 25.1 Å². The van der Waals surface area contributed by atoms with Crippen molar-refractivity contribution in [1.82, 2.24) is 9.97 Å². The summed E-state index contributed by atoms with van der Waals surface area (Å²) in [7, 11) is 0. The van der Waals surface area contributed by atoms with Gasteiger partial charge in [-0.1, -0.05) is 23.2 Å². The number of fused-ring (bicyclic) bond motifs is 1. The Morgan fingerprint density at radius 2 is 1.79 bits per heavy atom. The standard InChI is InChI=1S/C18H13Cl2N3O5/c1-2-27-18(25)16-14(9-28-17(24)10-3-5-21-6-4-10)22-13-7-11(19)12(20)8-15(13)23(16)26/h3-8H,2,9H2,1H3. The fraction of sp³-hybridized carbons (Fsp3) is 0.167. The number of halogens is 2. The summed E-state index contributed by atoms with van der Waals surface area (Å²) in [4.78, 5) is 32.5. The van der Waals surface area contributed by atoms with E-state index in [1.807, 2.05) is 0 Å². The summed E-state index contributed by atoms with van der Waals surface area (Å²) in [6, 6.07) is 5.63. The van der Waals surface area contributed by atoms with Crippen LogP contribution in [0.25, 0.3) is 11.0 Å². The molecule has 0 bridgehead atoms. The first-order valence-corrected chi connectivity index (χ1v) is 8.83. The van der Waals surface area contributed by atoms with E-state index in [2.05, 4.69) is 9.97 Å². The van der Waals surface area contributed by atoms with Gasteiger partial charge in [0.15, 0.2) is 5.69 Å². The van der Waals surface area contributed by atoms with E-state index in [9.17, 15) is 14.8 Å². The molecule has 2 aromatic heterocycles. The van der Waals surface area contributed by atoms with Crippen molar-refractivity contribution in [3.63, 3.8) is 0 Å². The molecule has 28 heavy (non-hydrogen) atoms. The number of pyridine rings is 1. The lowest BCUT2D eigenvalue weighted by atomic mass is 10.2. The van der Waals surface area contributed by atoms with Gasteiger partial charge >= 0.3 is 17.6 Å². The molecule has 8 nitrogen and oxygen atoms in total. The number of hydrogen-bond donors (Lipinski definition) is 0. The number of nitrogens with zero attached hydrogens (tertiary/aromatic N) is 3.